The summed E-state index contributed by atoms with van der Waals surface area (Å²) in [6.07, 6.45) is 7.48. The summed E-state index contributed by atoms with van der Waals surface area (Å²) in [5.41, 5.74) is 2.99. The lowest BCUT2D eigenvalue weighted by Crippen LogP contribution is -2.31. The molecule has 0 aliphatic heterocycles. The SMILES string of the molecule is Cc1[nH]ncc1C(C)NCC1(C)CCCC1. The third-order valence-electron chi connectivity index (χ3n) is 3.98. The topological polar surface area (TPSA) is 40.7 Å². The number of aryl methyl sites for hydroxylation is 1. The highest BCUT2D eigenvalue weighted by Crippen LogP contribution is 2.37. The number of H-pyrrole nitrogens is 1. The molecule has 3 nitrogen and oxygen atoms in total. The zero-order valence-corrected chi connectivity index (χ0v) is 10.6. The van der Waals surface area contributed by atoms with Gasteiger partial charge in [-0.05, 0) is 32.1 Å². The molecule has 0 aromatic carbocycles. The van der Waals surface area contributed by atoms with E-state index in [0.717, 1.165) is 6.54 Å². The lowest BCUT2D eigenvalue weighted by molar-refractivity contribution is 0.301. The second kappa shape index (κ2) is 4.58. The van der Waals surface area contributed by atoms with Crippen LogP contribution in [0.4, 0.5) is 0 Å². The maximum Gasteiger partial charge on any atom is 0.0537 e. The van der Waals surface area contributed by atoms with Crippen LogP contribution >= 0.6 is 0 Å². The minimum absolute atomic E-state index is 0.399. The average molecular weight is 221 g/mol. The molecule has 1 aromatic rings. The van der Waals surface area contributed by atoms with Gasteiger partial charge >= 0.3 is 0 Å². The molecule has 2 N–H and O–H groups in total. The molecule has 1 unspecified atom stereocenters. The van der Waals surface area contributed by atoms with Crippen LogP contribution in [-0.2, 0) is 0 Å². The summed E-state index contributed by atoms with van der Waals surface area (Å²) in [6, 6.07) is 0.399. The molecule has 1 atom stereocenters. The monoisotopic (exact) mass is 221 g/mol. The van der Waals surface area contributed by atoms with E-state index in [9.17, 15) is 0 Å². The molecule has 1 heterocycles. The summed E-state index contributed by atoms with van der Waals surface area (Å²) in [4.78, 5) is 0. The maximum absolute atomic E-state index is 4.07. The predicted octanol–water partition coefficient (Wildman–Crippen LogP) is 2.95. The first kappa shape index (κ1) is 11.6. The number of aromatic amines is 1. The van der Waals surface area contributed by atoms with Crippen LogP contribution in [0.5, 0.6) is 0 Å². The Morgan fingerprint density at radius 1 is 1.50 bits per heavy atom. The van der Waals surface area contributed by atoms with Crippen LogP contribution in [0.15, 0.2) is 6.20 Å². The third-order valence-corrected chi connectivity index (χ3v) is 3.98. The average Bonchev–Trinajstić information content (AvgIpc) is 2.85. The van der Waals surface area contributed by atoms with Gasteiger partial charge in [0.15, 0.2) is 0 Å². The lowest BCUT2D eigenvalue weighted by atomic mass is 9.88. The fraction of sp³-hybridized carbons (Fsp3) is 0.769. The van der Waals surface area contributed by atoms with Crippen molar-refractivity contribution in [2.75, 3.05) is 6.54 Å². The Kier molecular flexibility index (Phi) is 3.33. The van der Waals surface area contributed by atoms with Gasteiger partial charge in [0, 0.05) is 23.8 Å². The van der Waals surface area contributed by atoms with Crippen molar-refractivity contribution in [1.29, 1.82) is 0 Å². The van der Waals surface area contributed by atoms with E-state index in [2.05, 4.69) is 36.3 Å². The van der Waals surface area contributed by atoms with E-state index in [1.807, 2.05) is 6.20 Å². The minimum Gasteiger partial charge on any atom is -0.310 e. The molecule has 0 spiro atoms. The molecule has 3 heteroatoms. The van der Waals surface area contributed by atoms with Crippen molar-refractivity contribution in [1.82, 2.24) is 15.5 Å². The van der Waals surface area contributed by atoms with Gasteiger partial charge in [-0.1, -0.05) is 19.8 Å². The van der Waals surface area contributed by atoms with Gasteiger partial charge in [-0.25, -0.2) is 0 Å². The van der Waals surface area contributed by atoms with Crippen molar-refractivity contribution < 1.29 is 0 Å². The molecule has 0 amide bonds. The van der Waals surface area contributed by atoms with E-state index in [-0.39, 0.29) is 0 Å². The zero-order valence-electron chi connectivity index (χ0n) is 10.6. The van der Waals surface area contributed by atoms with Crippen LogP contribution in [0, 0.1) is 12.3 Å². The van der Waals surface area contributed by atoms with Crippen molar-refractivity contribution >= 4 is 0 Å². The van der Waals surface area contributed by atoms with Gasteiger partial charge < -0.3 is 5.32 Å². The zero-order chi connectivity index (χ0) is 11.6. The lowest BCUT2D eigenvalue weighted by Gasteiger charge is -2.26. The molecule has 0 bridgehead atoms. The molecule has 90 valence electrons. The number of aromatic nitrogens is 2. The van der Waals surface area contributed by atoms with Gasteiger partial charge in [0.1, 0.15) is 0 Å². The summed E-state index contributed by atoms with van der Waals surface area (Å²) in [5, 5.41) is 10.7. The molecule has 2 rings (SSSR count). The number of hydrogen-bond acceptors (Lipinski definition) is 2. The Balaban J connectivity index is 1.88. The summed E-state index contributed by atoms with van der Waals surface area (Å²) >= 11 is 0. The Hall–Kier alpha value is -0.830. The van der Waals surface area contributed by atoms with Crippen molar-refractivity contribution in [2.24, 2.45) is 5.41 Å². The van der Waals surface area contributed by atoms with Gasteiger partial charge in [0.05, 0.1) is 6.20 Å². The van der Waals surface area contributed by atoms with E-state index >= 15 is 0 Å². The number of nitrogens with one attached hydrogen (secondary N) is 2. The smallest absolute Gasteiger partial charge is 0.0537 e. The molecule has 1 aliphatic carbocycles. The van der Waals surface area contributed by atoms with Gasteiger partial charge in [-0.15, -0.1) is 0 Å². The van der Waals surface area contributed by atoms with Crippen LogP contribution in [-0.4, -0.2) is 16.7 Å². The molecule has 1 saturated carbocycles. The summed E-state index contributed by atoms with van der Waals surface area (Å²) in [7, 11) is 0. The highest BCUT2D eigenvalue weighted by molar-refractivity contribution is 5.18. The summed E-state index contributed by atoms with van der Waals surface area (Å²) < 4.78 is 0. The first-order valence-electron chi connectivity index (χ1n) is 6.34. The second-order valence-electron chi connectivity index (χ2n) is 5.57. The summed E-state index contributed by atoms with van der Waals surface area (Å²) in [6.45, 7) is 7.83. The fourth-order valence-corrected chi connectivity index (χ4v) is 2.71. The standard InChI is InChI=1S/C13H23N3/c1-10(12-8-15-16-11(12)2)14-9-13(3)6-4-5-7-13/h8,10,14H,4-7,9H2,1-3H3,(H,15,16). The predicted molar refractivity (Wildman–Crippen MR) is 66.3 cm³/mol. The molecule has 1 aliphatic rings. The molecule has 0 radical (unpaired) electrons. The Morgan fingerprint density at radius 3 is 2.75 bits per heavy atom. The van der Waals surface area contributed by atoms with Crippen molar-refractivity contribution in [3.63, 3.8) is 0 Å². The van der Waals surface area contributed by atoms with Crippen LogP contribution < -0.4 is 5.32 Å². The van der Waals surface area contributed by atoms with Gasteiger partial charge in [0.2, 0.25) is 0 Å². The van der Waals surface area contributed by atoms with Crippen LogP contribution in [0.1, 0.15) is 56.8 Å². The summed E-state index contributed by atoms with van der Waals surface area (Å²) in [5.74, 6) is 0. The second-order valence-corrected chi connectivity index (χ2v) is 5.57. The molecule has 1 aromatic heterocycles. The van der Waals surface area contributed by atoms with E-state index < -0.39 is 0 Å². The number of hydrogen-bond donors (Lipinski definition) is 2. The normalized spacial score (nSPS) is 21.2. The van der Waals surface area contributed by atoms with Gasteiger partial charge in [0.25, 0.3) is 0 Å². The molecular formula is C13H23N3. The molecule has 1 fully saturated rings. The van der Waals surface area contributed by atoms with E-state index in [1.165, 1.54) is 36.9 Å². The quantitative estimate of drug-likeness (QED) is 0.820. The first-order chi connectivity index (χ1) is 7.61. The third kappa shape index (κ3) is 2.46. The Bertz CT molecular complexity index is 337. The highest BCUT2D eigenvalue weighted by Gasteiger charge is 2.28. The molecule has 16 heavy (non-hydrogen) atoms. The molecule has 0 saturated heterocycles. The molecular weight excluding hydrogens is 198 g/mol. The van der Waals surface area contributed by atoms with E-state index in [0.29, 0.717) is 11.5 Å². The van der Waals surface area contributed by atoms with Crippen molar-refractivity contribution in [2.45, 2.75) is 52.5 Å². The minimum atomic E-state index is 0.399. The Labute approximate surface area is 98.0 Å². The number of nitrogens with zero attached hydrogens (tertiary/aromatic N) is 1. The van der Waals surface area contributed by atoms with Crippen molar-refractivity contribution in [3.05, 3.63) is 17.5 Å². The van der Waals surface area contributed by atoms with E-state index in [1.54, 1.807) is 0 Å². The maximum atomic E-state index is 4.07. The Morgan fingerprint density at radius 2 is 2.19 bits per heavy atom. The van der Waals surface area contributed by atoms with Crippen LogP contribution in [0.25, 0.3) is 0 Å². The van der Waals surface area contributed by atoms with Crippen LogP contribution in [0.3, 0.4) is 0 Å². The number of rotatable bonds is 4. The fourth-order valence-electron chi connectivity index (χ4n) is 2.71. The van der Waals surface area contributed by atoms with E-state index in [4.69, 9.17) is 0 Å². The highest BCUT2D eigenvalue weighted by atomic mass is 15.1. The van der Waals surface area contributed by atoms with Crippen LogP contribution in [0.2, 0.25) is 0 Å². The first-order valence-corrected chi connectivity index (χ1v) is 6.34. The van der Waals surface area contributed by atoms with Gasteiger partial charge in [-0.2, -0.15) is 5.10 Å². The van der Waals surface area contributed by atoms with Crippen molar-refractivity contribution in [3.8, 4) is 0 Å². The largest absolute Gasteiger partial charge is 0.310 e. The van der Waals surface area contributed by atoms with Gasteiger partial charge in [-0.3, -0.25) is 5.10 Å².